The van der Waals surface area contributed by atoms with E-state index in [9.17, 15) is 4.79 Å². The lowest BCUT2D eigenvalue weighted by Gasteiger charge is -2.08. The van der Waals surface area contributed by atoms with Crippen molar-refractivity contribution in [1.82, 2.24) is 5.16 Å². The molecule has 25 heavy (non-hydrogen) atoms. The van der Waals surface area contributed by atoms with Crippen molar-refractivity contribution in [3.63, 3.8) is 0 Å². The first-order chi connectivity index (χ1) is 12.1. The van der Waals surface area contributed by atoms with Crippen molar-refractivity contribution in [3.05, 3.63) is 71.4 Å². The zero-order valence-electron chi connectivity index (χ0n) is 14.2. The number of carbonyl (C=O) groups excluding carboxylic acids is 1. The number of rotatable bonds is 3. The number of fused-ring (bicyclic) bond motifs is 2. The summed E-state index contributed by atoms with van der Waals surface area (Å²) in [6, 6.07) is 17.9. The number of carbonyl (C=O) groups is 1. The van der Waals surface area contributed by atoms with E-state index in [4.69, 9.17) is 4.52 Å². The number of aryl methyl sites for hydroxylation is 2. The molecule has 0 atom stereocenters. The molecule has 0 radical (unpaired) electrons. The van der Waals surface area contributed by atoms with Crippen LogP contribution in [0.3, 0.4) is 0 Å². The van der Waals surface area contributed by atoms with E-state index < -0.39 is 0 Å². The quantitative estimate of drug-likeness (QED) is 0.588. The molecule has 124 valence electrons. The van der Waals surface area contributed by atoms with Gasteiger partial charge in [-0.3, -0.25) is 4.79 Å². The van der Waals surface area contributed by atoms with Gasteiger partial charge in [0.05, 0.1) is 6.42 Å². The number of anilines is 1. The lowest BCUT2D eigenvalue weighted by molar-refractivity contribution is -0.115. The maximum absolute atomic E-state index is 12.6. The third kappa shape index (κ3) is 2.87. The standard InChI is InChI=1S/C21H18N2O2/c1-13-10-14(2)21-18(23-25-19(21)11-13)12-20(24)22-17-9-5-7-15-6-3-4-8-16(15)17/h3-11H,12H2,1-2H3,(H,22,24). The predicted molar refractivity (Wildman–Crippen MR) is 99.8 cm³/mol. The lowest BCUT2D eigenvalue weighted by atomic mass is 10.0. The summed E-state index contributed by atoms with van der Waals surface area (Å²) in [5.41, 5.74) is 4.40. The maximum atomic E-state index is 12.6. The van der Waals surface area contributed by atoms with Crippen molar-refractivity contribution in [1.29, 1.82) is 0 Å². The van der Waals surface area contributed by atoms with Gasteiger partial charge in [0.15, 0.2) is 5.58 Å². The molecule has 0 saturated carbocycles. The fourth-order valence-electron chi connectivity index (χ4n) is 3.32. The molecule has 1 amide bonds. The Hall–Kier alpha value is -3.14. The van der Waals surface area contributed by atoms with Crippen molar-refractivity contribution in [2.24, 2.45) is 0 Å². The molecule has 0 spiro atoms. The highest BCUT2D eigenvalue weighted by molar-refractivity contribution is 6.03. The van der Waals surface area contributed by atoms with Gasteiger partial charge in [0.25, 0.3) is 0 Å². The average molecular weight is 330 g/mol. The molecule has 0 unspecified atom stereocenters. The van der Waals surface area contributed by atoms with Gasteiger partial charge >= 0.3 is 0 Å². The Morgan fingerprint density at radius 3 is 2.76 bits per heavy atom. The molecule has 1 N–H and O–H groups in total. The second-order valence-electron chi connectivity index (χ2n) is 6.34. The Bertz CT molecular complexity index is 1090. The van der Waals surface area contributed by atoms with Gasteiger partial charge in [0.1, 0.15) is 5.69 Å². The van der Waals surface area contributed by atoms with Crippen LogP contribution in [0.2, 0.25) is 0 Å². The largest absolute Gasteiger partial charge is 0.356 e. The van der Waals surface area contributed by atoms with Crippen LogP contribution in [0.4, 0.5) is 5.69 Å². The molecule has 0 saturated heterocycles. The molecule has 1 aromatic heterocycles. The van der Waals surface area contributed by atoms with Crippen LogP contribution in [-0.4, -0.2) is 11.1 Å². The van der Waals surface area contributed by atoms with Gasteiger partial charge in [0.2, 0.25) is 5.91 Å². The average Bonchev–Trinajstić information content (AvgIpc) is 2.98. The van der Waals surface area contributed by atoms with Gasteiger partial charge < -0.3 is 9.84 Å². The minimum absolute atomic E-state index is 0.105. The smallest absolute Gasteiger partial charge is 0.230 e. The minimum atomic E-state index is -0.105. The maximum Gasteiger partial charge on any atom is 0.230 e. The number of hydrogen-bond donors (Lipinski definition) is 1. The number of hydrogen-bond acceptors (Lipinski definition) is 3. The van der Waals surface area contributed by atoms with Gasteiger partial charge in [0, 0.05) is 16.5 Å². The van der Waals surface area contributed by atoms with Crippen LogP contribution in [0.15, 0.2) is 59.1 Å². The summed E-state index contributed by atoms with van der Waals surface area (Å²) in [6.07, 6.45) is 0.181. The summed E-state index contributed by atoms with van der Waals surface area (Å²) in [7, 11) is 0. The zero-order chi connectivity index (χ0) is 17.4. The molecule has 4 aromatic rings. The van der Waals surface area contributed by atoms with Gasteiger partial charge in [-0.25, -0.2) is 0 Å². The second-order valence-corrected chi connectivity index (χ2v) is 6.34. The van der Waals surface area contributed by atoms with E-state index in [1.165, 1.54) is 0 Å². The Morgan fingerprint density at radius 1 is 1.08 bits per heavy atom. The molecule has 0 fully saturated rings. The number of nitrogens with zero attached hydrogens (tertiary/aromatic N) is 1. The first-order valence-corrected chi connectivity index (χ1v) is 8.25. The number of aromatic nitrogens is 1. The van der Waals surface area contributed by atoms with E-state index in [-0.39, 0.29) is 12.3 Å². The Kier molecular flexibility index (Phi) is 3.73. The van der Waals surface area contributed by atoms with Crippen LogP contribution < -0.4 is 5.32 Å². The Labute approximate surface area is 145 Å². The molecule has 0 bridgehead atoms. The van der Waals surface area contributed by atoms with Gasteiger partial charge in [-0.1, -0.05) is 47.6 Å². The van der Waals surface area contributed by atoms with E-state index in [1.54, 1.807) is 0 Å². The highest BCUT2D eigenvalue weighted by Gasteiger charge is 2.15. The molecule has 0 aliphatic heterocycles. The summed E-state index contributed by atoms with van der Waals surface area (Å²) in [5, 5.41) is 10.2. The SMILES string of the molecule is Cc1cc(C)c2c(CC(=O)Nc3cccc4ccccc34)noc2c1. The third-order valence-electron chi connectivity index (χ3n) is 4.38. The summed E-state index contributed by atoms with van der Waals surface area (Å²) in [6.45, 7) is 4.03. The third-order valence-corrected chi connectivity index (χ3v) is 4.38. The Balaban J connectivity index is 1.62. The molecule has 4 nitrogen and oxygen atoms in total. The topological polar surface area (TPSA) is 55.1 Å². The predicted octanol–water partition coefficient (Wildman–Crippen LogP) is 4.78. The molecular weight excluding hydrogens is 312 g/mol. The van der Waals surface area contributed by atoms with Crippen molar-refractivity contribution in [2.75, 3.05) is 5.32 Å². The number of benzene rings is 3. The molecule has 0 aliphatic carbocycles. The van der Waals surface area contributed by atoms with E-state index in [1.807, 2.05) is 62.4 Å². The van der Waals surface area contributed by atoms with Crippen LogP contribution >= 0.6 is 0 Å². The molecule has 4 heteroatoms. The molecule has 4 rings (SSSR count). The van der Waals surface area contributed by atoms with E-state index in [2.05, 4.69) is 16.5 Å². The summed E-state index contributed by atoms with van der Waals surface area (Å²) >= 11 is 0. The van der Waals surface area contributed by atoms with E-state index in [0.29, 0.717) is 5.69 Å². The second kappa shape index (κ2) is 6.06. The minimum Gasteiger partial charge on any atom is -0.356 e. The lowest BCUT2D eigenvalue weighted by Crippen LogP contribution is -2.15. The van der Waals surface area contributed by atoms with Crippen molar-refractivity contribution >= 4 is 33.3 Å². The molecular formula is C21H18N2O2. The first kappa shape index (κ1) is 15.4. The van der Waals surface area contributed by atoms with E-state index in [0.717, 1.165) is 38.6 Å². The van der Waals surface area contributed by atoms with Crippen LogP contribution in [0.1, 0.15) is 16.8 Å². The molecule has 0 aliphatic rings. The fourth-order valence-corrected chi connectivity index (χ4v) is 3.32. The summed E-state index contributed by atoms with van der Waals surface area (Å²) < 4.78 is 5.40. The van der Waals surface area contributed by atoms with Crippen LogP contribution in [0.5, 0.6) is 0 Å². The van der Waals surface area contributed by atoms with Crippen molar-refractivity contribution < 1.29 is 9.32 Å². The first-order valence-electron chi connectivity index (χ1n) is 8.25. The highest BCUT2D eigenvalue weighted by atomic mass is 16.5. The zero-order valence-corrected chi connectivity index (χ0v) is 14.2. The van der Waals surface area contributed by atoms with Gasteiger partial charge in [-0.2, -0.15) is 0 Å². The summed E-state index contributed by atoms with van der Waals surface area (Å²) in [4.78, 5) is 12.6. The van der Waals surface area contributed by atoms with Crippen LogP contribution in [0.25, 0.3) is 21.7 Å². The van der Waals surface area contributed by atoms with Gasteiger partial charge in [-0.05, 0) is 42.5 Å². The van der Waals surface area contributed by atoms with Crippen LogP contribution in [0, 0.1) is 13.8 Å². The Morgan fingerprint density at radius 2 is 1.88 bits per heavy atom. The molecule has 1 heterocycles. The van der Waals surface area contributed by atoms with Crippen LogP contribution in [-0.2, 0) is 11.2 Å². The van der Waals surface area contributed by atoms with Crippen molar-refractivity contribution in [3.8, 4) is 0 Å². The monoisotopic (exact) mass is 330 g/mol. The molecule has 3 aromatic carbocycles. The fraction of sp³-hybridized carbons (Fsp3) is 0.143. The number of nitrogens with one attached hydrogen (secondary N) is 1. The summed E-state index contributed by atoms with van der Waals surface area (Å²) in [5.74, 6) is -0.105. The normalized spacial score (nSPS) is 11.1. The highest BCUT2D eigenvalue weighted by Crippen LogP contribution is 2.26. The van der Waals surface area contributed by atoms with Gasteiger partial charge in [-0.15, -0.1) is 0 Å². The van der Waals surface area contributed by atoms with E-state index >= 15 is 0 Å². The number of amides is 1. The van der Waals surface area contributed by atoms with Crippen molar-refractivity contribution in [2.45, 2.75) is 20.3 Å².